The molecule has 2 rings (SSSR count). The van der Waals surface area contributed by atoms with Crippen molar-refractivity contribution in [2.24, 2.45) is 12.8 Å². The zero-order chi connectivity index (χ0) is 11.9. The Morgan fingerprint density at radius 2 is 2.06 bits per heavy atom. The monoisotopic (exact) mass is 218 g/mol. The molecular formula is C12H14N2O2. The standard InChI is InChI=1S/C12H14N2O2/c1-7-10(11(13)12(15)16)8-5-3-4-6-9(8)14(7)2/h3-6,11H,13H2,1-2H3,(H,15,16). The molecule has 84 valence electrons. The Morgan fingerprint density at radius 1 is 1.44 bits per heavy atom. The van der Waals surface area contributed by atoms with Crippen LogP contribution in [0.3, 0.4) is 0 Å². The van der Waals surface area contributed by atoms with Crippen LogP contribution in [0.25, 0.3) is 10.9 Å². The number of hydrogen-bond donors (Lipinski definition) is 2. The first-order valence-electron chi connectivity index (χ1n) is 5.06. The van der Waals surface area contributed by atoms with Gasteiger partial charge in [0.15, 0.2) is 0 Å². The highest BCUT2D eigenvalue weighted by Gasteiger charge is 2.22. The largest absolute Gasteiger partial charge is 0.480 e. The minimum Gasteiger partial charge on any atom is -0.480 e. The average Bonchev–Trinajstić information content (AvgIpc) is 2.52. The van der Waals surface area contributed by atoms with Gasteiger partial charge in [0.25, 0.3) is 0 Å². The molecule has 0 aliphatic heterocycles. The average molecular weight is 218 g/mol. The second kappa shape index (κ2) is 3.64. The summed E-state index contributed by atoms with van der Waals surface area (Å²) in [5, 5.41) is 9.91. The van der Waals surface area contributed by atoms with E-state index in [9.17, 15) is 4.79 Å². The van der Waals surface area contributed by atoms with E-state index >= 15 is 0 Å². The van der Waals surface area contributed by atoms with Gasteiger partial charge in [-0.05, 0) is 13.0 Å². The third kappa shape index (κ3) is 1.39. The highest BCUT2D eigenvalue weighted by molar-refractivity contribution is 5.90. The lowest BCUT2D eigenvalue weighted by molar-refractivity contribution is -0.138. The van der Waals surface area contributed by atoms with Gasteiger partial charge in [-0.3, -0.25) is 4.79 Å². The molecule has 1 aromatic carbocycles. The molecule has 2 aromatic rings. The molecule has 3 N–H and O–H groups in total. The minimum absolute atomic E-state index is 0.700. The number of nitrogens with zero attached hydrogens (tertiary/aromatic N) is 1. The third-order valence-corrected chi connectivity index (χ3v) is 3.03. The summed E-state index contributed by atoms with van der Waals surface area (Å²) in [4.78, 5) is 11.0. The number of nitrogens with two attached hydrogens (primary N) is 1. The Morgan fingerprint density at radius 3 is 2.69 bits per heavy atom. The second-order valence-corrected chi connectivity index (χ2v) is 3.89. The molecule has 4 heteroatoms. The van der Waals surface area contributed by atoms with Gasteiger partial charge in [0, 0.05) is 29.2 Å². The van der Waals surface area contributed by atoms with Crippen LogP contribution in [0, 0.1) is 6.92 Å². The molecule has 0 saturated heterocycles. The van der Waals surface area contributed by atoms with Gasteiger partial charge in [-0.2, -0.15) is 0 Å². The molecule has 1 heterocycles. The van der Waals surface area contributed by atoms with Gasteiger partial charge in [-0.25, -0.2) is 0 Å². The number of para-hydroxylation sites is 1. The molecule has 0 bridgehead atoms. The van der Waals surface area contributed by atoms with Crippen LogP contribution in [-0.4, -0.2) is 15.6 Å². The first-order chi connectivity index (χ1) is 7.54. The maximum atomic E-state index is 11.0. The maximum Gasteiger partial charge on any atom is 0.325 e. The van der Waals surface area contributed by atoms with Gasteiger partial charge in [0.1, 0.15) is 6.04 Å². The zero-order valence-electron chi connectivity index (χ0n) is 9.27. The van der Waals surface area contributed by atoms with E-state index in [4.69, 9.17) is 10.8 Å². The van der Waals surface area contributed by atoms with E-state index in [1.165, 1.54) is 0 Å². The molecule has 0 saturated carbocycles. The van der Waals surface area contributed by atoms with Crippen molar-refractivity contribution in [3.63, 3.8) is 0 Å². The summed E-state index contributed by atoms with van der Waals surface area (Å²) < 4.78 is 1.97. The number of carbonyl (C=O) groups is 1. The van der Waals surface area contributed by atoms with Gasteiger partial charge in [-0.15, -0.1) is 0 Å². The first kappa shape index (κ1) is 10.7. The van der Waals surface area contributed by atoms with E-state index in [2.05, 4.69) is 0 Å². The number of fused-ring (bicyclic) bond motifs is 1. The summed E-state index contributed by atoms with van der Waals surface area (Å²) in [6.45, 7) is 1.89. The van der Waals surface area contributed by atoms with Gasteiger partial charge < -0.3 is 15.4 Å². The maximum absolute atomic E-state index is 11.0. The van der Waals surface area contributed by atoms with Crippen molar-refractivity contribution < 1.29 is 9.90 Å². The quantitative estimate of drug-likeness (QED) is 0.804. The highest BCUT2D eigenvalue weighted by atomic mass is 16.4. The van der Waals surface area contributed by atoms with E-state index < -0.39 is 12.0 Å². The zero-order valence-corrected chi connectivity index (χ0v) is 9.27. The fraction of sp³-hybridized carbons (Fsp3) is 0.250. The van der Waals surface area contributed by atoms with Crippen molar-refractivity contribution in [1.82, 2.24) is 4.57 Å². The molecule has 0 spiro atoms. The summed E-state index contributed by atoms with van der Waals surface area (Å²) in [6.07, 6.45) is 0. The molecule has 0 fully saturated rings. The van der Waals surface area contributed by atoms with Crippen molar-refractivity contribution in [1.29, 1.82) is 0 Å². The molecule has 16 heavy (non-hydrogen) atoms. The fourth-order valence-corrected chi connectivity index (χ4v) is 2.07. The van der Waals surface area contributed by atoms with Crippen LogP contribution in [0.4, 0.5) is 0 Å². The molecule has 4 nitrogen and oxygen atoms in total. The number of benzene rings is 1. The Bertz CT molecular complexity index is 557. The van der Waals surface area contributed by atoms with Crippen LogP contribution >= 0.6 is 0 Å². The number of rotatable bonds is 2. The van der Waals surface area contributed by atoms with Gasteiger partial charge in [0.2, 0.25) is 0 Å². The Balaban J connectivity index is 2.78. The Kier molecular flexibility index (Phi) is 2.44. The summed E-state index contributed by atoms with van der Waals surface area (Å²) in [7, 11) is 1.91. The van der Waals surface area contributed by atoms with E-state index in [1.807, 2.05) is 42.8 Å². The number of carboxylic acid groups (broad SMARTS) is 1. The van der Waals surface area contributed by atoms with Gasteiger partial charge in [0.05, 0.1) is 0 Å². The Labute approximate surface area is 93.3 Å². The lowest BCUT2D eigenvalue weighted by Crippen LogP contribution is -2.21. The number of aliphatic carboxylic acids is 1. The second-order valence-electron chi connectivity index (χ2n) is 3.89. The van der Waals surface area contributed by atoms with Crippen molar-refractivity contribution >= 4 is 16.9 Å². The minimum atomic E-state index is -1.00. The predicted molar refractivity (Wildman–Crippen MR) is 62.2 cm³/mol. The van der Waals surface area contributed by atoms with Crippen LogP contribution in [-0.2, 0) is 11.8 Å². The molecule has 0 aliphatic carbocycles. The smallest absolute Gasteiger partial charge is 0.325 e. The van der Waals surface area contributed by atoms with E-state index in [0.29, 0.717) is 5.56 Å². The topological polar surface area (TPSA) is 68.2 Å². The van der Waals surface area contributed by atoms with Gasteiger partial charge in [-0.1, -0.05) is 18.2 Å². The lowest BCUT2D eigenvalue weighted by atomic mass is 10.0. The predicted octanol–water partition coefficient (Wildman–Crippen LogP) is 1.57. The summed E-state index contributed by atoms with van der Waals surface area (Å²) in [5.74, 6) is -1.00. The first-order valence-corrected chi connectivity index (χ1v) is 5.06. The van der Waals surface area contributed by atoms with Crippen LogP contribution in [0.5, 0.6) is 0 Å². The van der Waals surface area contributed by atoms with Gasteiger partial charge >= 0.3 is 5.97 Å². The van der Waals surface area contributed by atoms with Crippen molar-refractivity contribution in [3.05, 3.63) is 35.5 Å². The summed E-state index contributed by atoms with van der Waals surface area (Å²) in [6, 6.07) is 6.71. The number of hydrogen-bond acceptors (Lipinski definition) is 2. The van der Waals surface area contributed by atoms with E-state index in [0.717, 1.165) is 16.6 Å². The SMILES string of the molecule is Cc1c(C(N)C(=O)O)c2ccccc2n1C. The summed E-state index contributed by atoms with van der Waals surface area (Å²) >= 11 is 0. The van der Waals surface area contributed by atoms with Crippen molar-refractivity contribution in [2.45, 2.75) is 13.0 Å². The molecule has 0 aliphatic rings. The molecule has 0 amide bonds. The number of aryl methyl sites for hydroxylation is 1. The van der Waals surface area contributed by atoms with Crippen LogP contribution in [0.1, 0.15) is 17.3 Å². The molecule has 1 aromatic heterocycles. The van der Waals surface area contributed by atoms with Crippen molar-refractivity contribution in [2.75, 3.05) is 0 Å². The lowest BCUT2D eigenvalue weighted by Gasteiger charge is -2.07. The molecular weight excluding hydrogens is 204 g/mol. The highest BCUT2D eigenvalue weighted by Crippen LogP contribution is 2.28. The molecule has 1 unspecified atom stereocenters. The number of aromatic nitrogens is 1. The molecule has 1 atom stereocenters. The van der Waals surface area contributed by atoms with E-state index in [-0.39, 0.29) is 0 Å². The van der Waals surface area contributed by atoms with Crippen LogP contribution in [0.15, 0.2) is 24.3 Å². The fourth-order valence-electron chi connectivity index (χ4n) is 2.07. The van der Waals surface area contributed by atoms with Crippen LogP contribution in [0.2, 0.25) is 0 Å². The van der Waals surface area contributed by atoms with Crippen molar-refractivity contribution in [3.8, 4) is 0 Å². The normalized spacial score (nSPS) is 12.9. The summed E-state index contributed by atoms with van der Waals surface area (Å²) in [5.41, 5.74) is 8.31. The number of carboxylic acids is 1. The van der Waals surface area contributed by atoms with E-state index in [1.54, 1.807) is 0 Å². The Hall–Kier alpha value is -1.81. The van der Waals surface area contributed by atoms with Crippen LogP contribution < -0.4 is 5.73 Å². The third-order valence-electron chi connectivity index (χ3n) is 3.03. The molecule has 0 radical (unpaired) electrons.